The average Bonchev–Trinajstić information content (AvgIpc) is 3.23. The Kier molecular flexibility index (Phi) is 7.21. The number of piperidine rings is 1. The Morgan fingerprint density at radius 1 is 1.30 bits per heavy atom. The van der Waals surface area contributed by atoms with E-state index >= 15 is 0 Å². The third kappa shape index (κ3) is 5.79. The molecule has 7 nitrogen and oxygen atoms in total. The second-order valence-electron chi connectivity index (χ2n) is 6.99. The number of nitrogens with one attached hydrogen (secondary N) is 3. The molecule has 1 aromatic heterocycles. The molecule has 0 unspecified atom stereocenters. The first-order chi connectivity index (χ1) is 13.3. The lowest BCUT2D eigenvalue weighted by molar-refractivity contribution is 0.206. The van der Waals surface area contributed by atoms with Crippen molar-refractivity contribution in [3.05, 3.63) is 36.2 Å². The fraction of sp³-hybridized carbons (Fsp3) is 0.550. The number of H-pyrrole nitrogens is 1. The number of guanidine groups is 1. The highest BCUT2D eigenvalue weighted by molar-refractivity contribution is 5.80. The number of hydrogen-bond donors (Lipinski definition) is 3. The molecule has 0 aliphatic carbocycles. The molecule has 1 aliphatic heterocycles. The summed E-state index contributed by atoms with van der Waals surface area (Å²) in [7, 11) is 0. The smallest absolute Gasteiger partial charge is 0.191 e. The number of aromatic amines is 1. The van der Waals surface area contributed by atoms with E-state index in [1.165, 1.54) is 45.2 Å². The van der Waals surface area contributed by atoms with Crippen molar-refractivity contribution in [2.45, 2.75) is 45.7 Å². The predicted octanol–water partition coefficient (Wildman–Crippen LogP) is 2.40. The Hall–Kier alpha value is -2.41. The highest BCUT2D eigenvalue weighted by atomic mass is 15.2. The van der Waals surface area contributed by atoms with E-state index in [0.29, 0.717) is 12.6 Å². The molecule has 27 heavy (non-hydrogen) atoms. The van der Waals surface area contributed by atoms with Crippen LogP contribution in [0.1, 0.15) is 38.7 Å². The lowest BCUT2D eigenvalue weighted by Crippen LogP contribution is -2.48. The maximum Gasteiger partial charge on any atom is 0.191 e. The van der Waals surface area contributed by atoms with Gasteiger partial charge in [-0.15, -0.1) is 0 Å². The molecule has 2 heterocycles. The van der Waals surface area contributed by atoms with Crippen molar-refractivity contribution in [3.63, 3.8) is 0 Å². The maximum absolute atomic E-state index is 4.79. The molecule has 7 heteroatoms. The molecule has 146 valence electrons. The van der Waals surface area contributed by atoms with Crippen LogP contribution in [0.3, 0.4) is 0 Å². The highest BCUT2D eigenvalue weighted by Crippen LogP contribution is 2.16. The number of nitrogens with zero attached hydrogens (tertiary/aromatic N) is 4. The second-order valence-corrected chi connectivity index (χ2v) is 6.99. The predicted molar refractivity (Wildman–Crippen MR) is 110 cm³/mol. The Morgan fingerprint density at radius 2 is 2.15 bits per heavy atom. The Bertz CT molecular complexity index is 703. The van der Waals surface area contributed by atoms with Gasteiger partial charge in [-0.1, -0.05) is 25.1 Å². The summed E-state index contributed by atoms with van der Waals surface area (Å²) in [6, 6.07) is 8.76. The van der Waals surface area contributed by atoms with Gasteiger partial charge in [-0.2, -0.15) is 5.10 Å². The molecule has 2 aromatic rings. The standard InChI is InChI=1S/C20H31N7/c1-3-10-27-11-8-18(9-12-27)25-20(21-4-2)22-14-16-6-5-7-17(13-16)19-23-15-24-26-19/h5-7,13,15,18H,3-4,8-12,14H2,1-2H3,(H2,21,22,25)(H,23,24,26). The van der Waals surface area contributed by atoms with Crippen LogP contribution in [0.15, 0.2) is 35.6 Å². The van der Waals surface area contributed by atoms with Crippen LogP contribution in [-0.2, 0) is 6.54 Å². The minimum absolute atomic E-state index is 0.497. The summed E-state index contributed by atoms with van der Waals surface area (Å²) in [6.07, 6.45) is 5.10. The lowest BCUT2D eigenvalue weighted by atomic mass is 10.1. The van der Waals surface area contributed by atoms with E-state index in [-0.39, 0.29) is 0 Å². The first kappa shape index (κ1) is 19.4. The number of likely N-dealkylation sites (tertiary alicyclic amines) is 1. The fourth-order valence-electron chi connectivity index (χ4n) is 3.46. The number of rotatable bonds is 7. The molecule has 0 saturated carbocycles. The Labute approximate surface area is 161 Å². The van der Waals surface area contributed by atoms with Crippen LogP contribution < -0.4 is 10.6 Å². The van der Waals surface area contributed by atoms with Gasteiger partial charge in [0.05, 0.1) is 6.54 Å². The van der Waals surface area contributed by atoms with E-state index < -0.39 is 0 Å². The van der Waals surface area contributed by atoms with Gasteiger partial charge in [0.1, 0.15) is 6.33 Å². The minimum Gasteiger partial charge on any atom is -0.357 e. The summed E-state index contributed by atoms with van der Waals surface area (Å²) in [5.41, 5.74) is 2.18. The molecule has 0 bridgehead atoms. The van der Waals surface area contributed by atoms with Gasteiger partial charge in [-0.3, -0.25) is 5.10 Å². The molecule has 1 saturated heterocycles. The first-order valence-corrected chi connectivity index (χ1v) is 10.00. The Balaban J connectivity index is 1.58. The fourth-order valence-corrected chi connectivity index (χ4v) is 3.46. The number of benzene rings is 1. The van der Waals surface area contributed by atoms with Crippen molar-refractivity contribution < 1.29 is 0 Å². The van der Waals surface area contributed by atoms with E-state index in [9.17, 15) is 0 Å². The van der Waals surface area contributed by atoms with Gasteiger partial charge in [0.25, 0.3) is 0 Å². The van der Waals surface area contributed by atoms with Crippen LogP contribution in [-0.4, -0.2) is 58.3 Å². The van der Waals surface area contributed by atoms with Crippen LogP contribution >= 0.6 is 0 Å². The molecule has 0 spiro atoms. The van der Waals surface area contributed by atoms with Crippen molar-refractivity contribution in [1.82, 2.24) is 30.7 Å². The molecule has 1 aliphatic rings. The van der Waals surface area contributed by atoms with Crippen LogP contribution in [0, 0.1) is 0 Å². The molecule has 0 amide bonds. The summed E-state index contributed by atoms with van der Waals surface area (Å²) in [4.78, 5) is 11.6. The van der Waals surface area contributed by atoms with Crippen molar-refractivity contribution in [3.8, 4) is 11.4 Å². The minimum atomic E-state index is 0.497. The van der Waals surface area contributed by atoms with Gasteiger partial charge >= 0.3 is 0 Å². The van der Waals surface area contributed by atoms with E-state index in [2.05, 4.69) is 56.7 Å². The molecule has 0 atom stereocenters. The van der Waals surface area contributed by atoms with Gasteiger partial charge in [-0.25, -0.2) is 9.98 Å². The summed E-state index contributed by atoms with van der Waals surface area (Å²) in [6.45, 7) is 9.39. The third-order valence-electron chi connectivity index (χ3n) is 4.85. The topological polar surface area (TPSA) is 81.2 Å². The van der Waals surface area contributed by atoms with Crippen LogP contribution in [0.2, 0.25) is 0 Å². The molecule has 3 rings (SSSR count). The van der Waals surface area contributed by atoms with Gasteiger partial charge < -0.3 is 15.5 Å². The zero-order valence-corrected chi connectivity index (χ0v) is 16.4. The molecular formula is C20H31N7. The monoisotopic (exact) mass is 369 g/mol. The quantitative estimate of drug-likeness (QED) is 0.516. The average molecular weight is 370 g/mol. The van der Waals surface area contributed by atoms with E-state index in [1.807, 2.05) is 12.1 Å². The molecular weight excluding hydrogens is 338 g/mol. The zero-order valence-electron chi connectivity index (χ0n) is 16.4. The van der Waals surface area contributed by atoms with Gasteiger partial charge in [0.2, 0.25) is 0 Å². The Morgan fingerprint density at radius 3 is 2.85 bits per heavy atom. The number of hydrogen-bond acceptors (Lipinski definition) is 4. The molecule has 1 aromatic carbocycles. The van der Waals surface area contributed by atoms with Gasteiger partial charge in [-0.05, 0) is 44.4 Å². The van der Waals surface area contributed by atoms with Crippen molar-refractivity contribution in [2.24, 2.45) is 4.99 Å². The highest BCUT2D eigenvalue weighted by Gasteiger charge is 2.19. The summed E-state index contributed by atoms with van der Waals surface area (Å²) in [5, 5.41) is 13.8. The SMILES string of the molecule is CCCN1CCC(NC(=NCc2cccc(-c3ncn[nH]3)c2)NCC)CC1. The summed E-state index contributed by atoms with van der Waals surface area (Å²) < 4.78 is 0. The van der Waals surface area contributed by atoms with Gasteiger partial charge in [0.15, 0.2) is 11.8 Å². The second kappa shape index (κ2) is 10.1. The maximum atomic E-state index is 4.79. The van der Waals surface area contributed by atoms with Crippen molar-refractivity contribution in [1.29, 1.82) is 0 Å². The van der Waals surface area contributed by atoms with Gasteiger partial charge in [0, 0.05) is 31.2 Å². The largest absolute Gasteiger partial charge is 0.357 e. The normalized spacial score (nSPS) is 16.4. The molecule has 0 radical (unpaired) electrons. The third-order valence-corrected chi connectivity index (χ3v) is 4.85. The van der Waals surface area contributed by atoms with Crippen molar-refractivity contribution in [2.75, 3.05) is 26.2 Å². The number of aliphatic imine (C=N–C) groups is 1. The van der Waals surface area contributed by atoms with E-state index in [1.54, 1.807) is 0 Å². The summed E-state index contributed by atoms with van der Waals surface area (Å²) >= 11 is 0. The first-order valence-electron chi connectivity index (χ1n) is 10.00. The zero-order chi connectivity index (χ0) is 18.9. The summed E-state index contributed by atoms with van der Waals surface area (Å²) in [5.74, 6) is 1.68. The van der Waals surface area contributed by atoms with Crippen molar-refractivity contribution >= 4 is 5.96 Å². The van der Waals surface area contributed by atoms with Crippen LogP contribution in [0.5, 0.6) is 0 Å². The van der Waals surface area contributed by atoms with Crippen LogP contribution in [0.25, 0.3) is 11.4 Å². The molecule has 3 N–H and O–H groups in total. The van der Waals surface area contributed by atoms with Crippen LogP contribution in [0.4, 0.5) is 0 Å². The van der Waals surface area contributed by atoms with E-state index in [0.717, 1.165) is 29.5 Å². The van der Waals surface area contributed by atoms with E-state index in [4.69, 9.17) is 4.99 Å². The molecule has 1 fully saturated rings. The lowest BCUT2D eigenvalue weighted by Gasteiger charge is -2.32. The number of aromatic nitrogens is 3.